The third-order valence-corrected chi connectivity index (χ3v) is 3.21. The van der Waals surface area contributed by atoms with Gasteiger partial charge in [0.05, 0.1) is 13.2 Å². The van der Waals surface area contributed by atoms with E-state index in [0.29, 0.717) is 19.1 Å². The lowest BCUT2D eigenvalue weighted by atomic mass is 10.1. The van der Waals surface area contributed by atoms with Crippen LogP contribution in [0.3, 0.4) is 0 Å². The second kappa shape index (κ2) is 9.56. The van der Waals surface area contributed by atoms with Gasteiger partial charge in [0.25, 0.3) is 0 Å². The molecule has 3 heteroatoms. The predicted molar refractivity (Wildman–Crippen MR) is 88.1 cm³/mol. The van der Waals surface area contributed by atoms with E-state index >= 15 is 0 Å². The average Bonchev–Trinajstić information content (AvgIpc) is 2.46. The maximum Gasteiger partial charge on any atom is 0.176 e. The molecule has 0 aliphatic carbocycles. The van der Waals surface area contributed by atoms with Gasteiger partial charge < -0.3 is 4.74 Å². The number of ether oxygens (including phenoxy) is 1. The van der Waals surface area contributed by atoms with Gasteiger partial charge in [0.1, 0.15) is 5.75 Å². The van der Waals surface area contributed by atoms with Gasteiger partial charge >= 0.3 is 0 Å². The van der Waals surface area contributed by atoms with Crippen LogP contribution in [0.25, 0.3) is 0 Å². The number of Topliss-reactive ketones (excluding diaryl/α,β-unsaturated/α-hetero) is 1. The van der Waals surface area contributed by atoms with Gasteiger partial charge in [-0.2, -0.15) is 0 Å². The fourth-order valence-electron chi connectivity index (χ4n) is 2.20. The summed E-state index contributed by atoms with van der Waals surface area (Å²) in [5, 5.41) is 0. The van der Waals surface area contributed by atoms with E-state index in [-0.39, 0.29) is 5.78 Å². The fraction of sp³-hybridized carbons (Fsp3) is 0.611. The lowest BCUT2D eigenvalue weighted by molar-refractivity contribution is 0.0930. The van der Waals surface area contributed by atoms with Crippen LogP contribution in [-0.2, 0) is 0 Å². The maximum atomic E-state index is 12.3. The number of hydrogen-bond acceptors (Lipinski definition) is 3. The molecule has 21 heavy (non-hydrogen) atoms. The molecular weight excluding hydrogens is 262 g/mol. The van der Waals surface area contributed by atoms with Crippen LogP contribution in [0.5, 0.6) is 5.75 Å². The van der Waals surface area contributed by atoms with Crippen LogP contribution in [0.1, 0.15) is 50.9 Å². The molecule has 1 rings (SSSR count). The number of ketones is 1. The average molecular weight is 291 g/mol. The van der Waals surface area contributed by atoms with Gasteiger partial charge in [-0.05, 0) is 56.1 Å². The van der Waals surface area contributed by atoms with E-state index in [1.54, 1.807) is 0 Å². The summed E-state index contributed by atoms with van der Waals surface area (Å²) in [6.07, 6.45) is 2.16. The molecule has 0 amide bonds. The topological polar surface area (TPSA) is 29.5 Å². The summed E-state index contributed by atoms with van der Waals surface area (Å²) in [6.45, 7) is 11.7. The Morgan fingerprint density at radius 2 is 1.67 bits per heavy atom. The van der Waals surface area contributed by atoms with Crippen LogP contribution in [0, 0.1) is 5.92 Å². The van der Waals surface area contributed by atoms with Crippen molar-refractivity contribution >= 4 is 5.78 Å². The Bertz CT molecular complexity index is 406. The van der Waals surface area contributed by atoms with E-state index in [1.165, 1.54) is 0 Å². The zero-order valence-corrected chi connectivity index (χ0v) is 13.9. The van der Waals surface area contributed by atoms with Gasteiger partial charge in [0.2, 0.25) is 0 Å². The zero-order valence-electron chi connectivity index (χ0n) is 13.9. The van der Waals surface area contributed by atoms with E-state index in [9.17, 15) is 4.79 Å². The minimum Gasteiger partial charge on any atom is -0.493 e. The molecule has 0 radical (unpaired) electrons. The van der Waals surface area contributed by atoms with E-state index in [0.717, 1.165) is 37.2 Å². The van der Waals surface area contributed by atoms with Crippen molar-refractivity contribution in [1.29, 1.82) is 0 Å². The number of carbonyl (C=O) groups excluding carboxylic acids is 1. The highest BCUT2D eigenvalue weighted by Crippen LogP contribution is 2.14. The normalized spacial score (nSPS) is 11.1. The van der Waals surface area contributed by atoms with Crippen molar-refractivity contribution in [3.8, 4) is 5.75 Å². The molecule has 0 N–H and O–H groups in total. The van der Waals surface area contributed by atoms with Crippen LogP contribution >= 0.6 is 0 Å². The first-order valence-corrected chi connectivity index (χ1v) is 8.05. The molecule has 0 saturated carbocycles. The molecule has 0 unspecified atom stereocenters. The monoisotopic (exact) mass is 291 g/mol. The summed E-state index contributed by atoms with van der Waals surface area (Å²) in [5.74, 6) is 1.52. The molecule has 3 nitrogen and oxygen atoms in total. The van der Waals surface area contributed by atoms with Crippen molar-refractivity contribution in [2.24, 2.45) is 5.92 Å². The Hall–Kier alpha value is -1.35. The van der Waals surface area contributed by atoms with Crippen molar-refractivity contribution in [1.82, 2.24) is 4.90 Å². The van der Waals surface area contributed by atoms with Gasteiger partial charge in [-0.25, -0.2) is 0 Å². The molecule has 0 aliphatic rings. The van der Waals surface area contributed by atoms with E-state index < -0.39 is 0 Å². The van der Waals surface area contributed by atoms with Gasteiger partial charge in [-0.1, -0.05) is 27.7 Å². The molecule has 0 heterocycles. The minimum atomic E-state index is 0.187. The molecule has 0 bridgehead atoms. The lowest BCUT2D eigenvalue weighted by Crippen LogP contribution is -2.31. The molecule has 118 valence electrons. The zero-order chi connectivity index (χ0) is 15.7. The largest absolute Gasteiger partial charge is 0.493 e. The van der Waals surface area contributed by atoms with Gasteiger partial charge in [-0.15, -0.1) is 0 Å². The standard InChI is InChI=1S/C18H29NO2/c1-5-11-19(12-6-2)13-18(20)16-7-9-17(10-8-16)21-14-15(3)4/h7-10,15H,5-6,11-14H2,1-4H3. The molecule has 0 aliphatic heterocycles. The van der Waals surface area contributed by atoms with Crippen LogP contribution in [0.2, 0.25) is 0 Å². The molecule has 0 fully saturated rings. The van der Waals surface area contributed by atoms with Crippen molar-refractivity contribution in [2.75, 3.05) is 26.2 Å². The van der Waals surface area contributed by atoms with Gasteiger partial charge in [0, 0.05) is 5.56 Å². The number of rotatable bonds is 10. The maximum absolute atomic E-state index is 12.3. The summed E-state index contributed by atoms with van der Waals surface area (Å²) in [5.41, 5.74) is 0.768. The van der Waals surface area contributed by atoms with Crippen molar-refractivity contribution in [2.45, 2.75) is 40.5 Å². The molecule has 1 aromatic carbocycles. The predicted octanol–water partition coefficient (Wildman–Crippen LogP) is 4.03. The Morgan fingerprint density at radius 3 is 2.14 bits per heavy atom. The van der Waals surface area contributed by atoms with Crippen molar-refractivity contribution in [3.63, 3.8) is 0 Å². The van der Waals surface area contributed by atoms with Crippen LogP contribution < -0.4 is 4.74 Å². The summed E-state index contributed by atoms with van der Waals surface area (Å²) < 4.78 is 5.64. The SMILES string of the molecule is CCCN(CCC)CC(=O)c1ccc(OCC(C)C)cc1. The Morgan fingerprint density at radius 1 is 1.10 bits per heavy atom. The van der Waals surface area contributed by atoms with Crippen molar-refractivity contribution in [3.05, 3.63) is 29.8 Å². The van der Waals surface area contributed by atoms with E-state index in [2.05, 4.69) is 32.6 Å². The first-order valence-electron chi connectivity index (χ1n) is 8.05. The van der Waals surface area contributed by atoms with E-state index in [4.69, 9.17) is 4.74 Å². The second-order valence-electron chi connectivity index (χ2n) is 5.93. The van der Waals surface area contributed by atoms with Crippen LogP contribution in [0.4, 0.5) is 0 Å². The molecule has 1 aromatic rings. The molecule has 0 atom stereocenters. The summed E-state index contributed by atoms with van der Waals surface area (Å²) >= 11 is 0. The van der Waals surface area contributed by atoms with E-state index in [1.807, 2.05) is 24.3 Å². The van der Waals surface area contributed by atoms with Gasteiger partial charge in [0.15, 0.2) is 5.78 Å². The first-order chi connectivity index (χ1) is 10.1. The first kappa shape index (κ1) is 17.7. The Kier molecular flexibility index (Phi) is 8.06. The summed E-state index contributed by atoms with van der Waals surface area (Å²) in [6, 6.07) is 7.52. The number of carbonyl (C=O) groups is 1. The third kappa shape index (κ3) is 6.76. The van der Waals surface area contributed by atoms with Crippen LogP contribution in [0.15, 0.2) is 24.3 Å². The third-order valence-electron chi connectivity index (χ3n) is 3.21. The fourth-order valence-corrected chi connectivity index (χ4v) is 2.20. The lowest BCUT2D eigenvalue weighted by Gasteiger charge is -2.20. The van der Waals surface area contributed by atoms with Crippen LogP contribution in [-0.4, -0.2) is 36.9 Å². The molecular formula is C18H29NO2. The minimum absolute atomic E-state index is 0.187. The highest BCUT2D eigenvalue weighted by atomic mass is 16.5. The Labute approximate surface area is 129 Å². The number of benzene rings is 1. The Balaban J connectivity index is 2.57. The second-order valence-corrected chi connectivity index (χ2v) is 5.93. The molecule has 0 aromatic heterocycles. The number of nitrogens with zero attached hydrogens (tertiary/aromatic N) is 1. The highest BCUT2D eigenvalue weighted by molar-refractivity contribution is 5.97. The smallest absolute Gasteiger partial charge is 0.176 e. The van der Waals surface area contributed by atoms with Crippen molar-refractivity contribution < 1.29 is 9.53 Å². The quantitative estimate of drug-likeness (QED) is 0.610. The summed E-state index contributed by atoms with van der Waals surface area (Å²) in [7, 11) is 0. The molecule has 0 spiro atoms. The summed E-state index contributed by atoms with van der Waals surface area (Å²) in [4.78, 5) is 14.5. The molecule has 0 saturated heterocycles. The number of hydrogen-bond donors (Lipinski definition) is 0. The highest BCUT2D eigenvalue weighted by Gasteiger charge is 2.11. The van der Waals surface area contributed by atoms with Gasteiger partial charge in [-0.3, -0.25) is 9.69 Å².